The van der Waals surface area contributed by atoms with E-state index in [1.807, 2.05) is 23.1 Å². The van der Waals surface area contributed by atoms with E-state index in [0.29, 0.717) is 19.0 Å². The van der Waals surface area contributed by atoms with E-state index in [0.717, 1.165) is 25.7 Å². The van der Waals surface area contributed by atoms with Crippen molar-refractivity contribution in [2.75, 3.05) is 6.54 Å². The third kappa shape index (κ3) is 4.83. The monoisotopic (exact) mass is 342 g/mol. The van der Waals surface area contributed by atoms with Crippen LogP contribution in [0.3, 0.4) is 0 Å². The smallest absolute Gasteiger partial charge is 0.225 e. The van der Waals surface area contributed by atoms with Crippen molar-refractivity contribution in [2.45, 2.75) is 70.4 Å². The van der Waals surface area contributed by atoms with Crippen LogP contribution in [0.25, 0.3) is 0 Å². The van der Waals surface area contributed by atoms with Crippen molar-refractivity contribution in [1.82, 2.24) is 10.2 Å². The lowest BCUT2D eigenvalue weighted by molar-refractivity contribution is -0.130. The van der Waals surface area contributed by atoms with E-state index in [4.69, 9.17) is 0 Å². The highest BCUT2D eigenvalue weighted by atomic mass is 16.2. The van der Waals surface area contributed by atoms with Crippen molar-refractivity contribution < 1.29 is 9.59 Å². The van der Waals surface area contributed by atoms with Gasteiger partial charge in [-0.1, -0.05) is 49.6 Å². The standard InChI is InChI=1S/C21H30N2O2/c1-16(12-13-17-8-4-2-5-9-17)22-21(25)18-14-20(24)23(15-18)19-10-6-3-7-11-19/h2,4-5,8-9,16,18-19H,3,6-7,10-15H2,1H3,(H,22,25). The number of nitrogens with one attached hydrogen (secondary N) is 1. The molecule has 1 saturated heterocycles. The third-order valence-electron chi connectivity index (χ3n) is 5.64. The first-order valence-electron chi connectivity index (χ1n) is 9.77. The Kier molecular flexibility index (Phi) is 6.11. The van der Waals surface area contributed by atoms with Gasteiger partial charge in [0.25, 0.3) is 0 Å². The van der Waals surface area contributed by atoms with Gasteiger partial charge in [0.2, 0.25) is 11.8 Å². The summed E-state index contributed by atoms with van der Waals surface area (Å²) in [5.74, 6) is 0.0461. The summed E-state index contributed by atoms with van der Waals surface area (Å²) in [5.41, 5.74) is 1.29. The minimum absolute atomic E-state index is 0.0484. The molecule has 1 heterocycles. The zero-order chi connectivity index (χ0) is 17.6. The van der Waals surface area contributed by atoms with Gasteiger partial charge < -0.3 is 10.2 Å². The number of aryl methyl sites for hydroxylation is 1. The van der Waals surface area contributed by atoms with Gasteiger partial charge in [0.15, 0.2) is 0 Å². The molecule has 1 aromatic rings. The zero-order valence-electron chi connectivity index (χ0n) is 15.2. The molecule has 2 aliphatic rings. The number of rotatable bonds is 6. The Hall–Kier alpha value is -1.84. The van der Waals surface area contributed by atoms with Crippen LogP contribution < -0.4 is 5.32 Å². The maximum absolute atomic E-state index is 12.6. The molecule has 1 N–H and O–H groups in total. The number of hydrogen-bond donors (Lipinski definition) is 1. The van der Waals surface area contributed by atoms with Crippen LogP contribution in [-0.2, 0) is 16.0 Å². The number of carbonyl (C=O) groups is 2. The zero-order valence-corrected chi connectivity index (χ0v) is 15.2. The number of nitrogens with zero attached hydrogens (tertiary/aromatic N) is 1. The van der Waals surface area contributed by atoms with Gasteiger partial charge in [-0.15, -0.1) is 0 Å². The first-order valence-corrected chi connectivity index (χ1v) is 9.77. The van der Waals surface area contributed by atoms with Crippen molar-refractivity contribution in [2.24, 2.45) is 5.92 Å². The van der Waals surface area contributed by atoms with Crippen LogP contribution in [0.15, 0.2) is 30.3 Å². The molecule has 2 amide bonds. The average molecular weight is 342 g/mol. The van der Waals surface area contributed by atoms with Gasteiger partial charge in [0, 0.05) is 25.0 Å². The highest BCUT2D eigenvalue weighted by Crippen LogP contribution is 2.28. The molecule has 1 saturated carbocycles. The van der Waals surface area contributed by atoms with Crippen LogP contribution in [0.2, 0.25) is 0 Å². The van der Waals surface area contributed by atoms with Crippen LogP contribution in [0.5, 0.6) is 0 Å². The van der Waals surface area contributed by atoms with E-state index >= 15 is 0 Å². The van der Waals surface area contributed by atoms with Gasteiger partial charge in [-0.05, 0) is 38.2 Å². The third-order valence-corrected chi connectivity index (χ3v) is 5.64. The van der Waals surface area contributed by atoms with Crippen molar-refractivity contribution in [3.63, 3.8) is 0 Å². The second-order valence-corrected chi connectivity index (χ2v) is 7.67. The quantitative estimate of drug-likeness (QED) is 0.862. The molecular formula is C21H30N2O2. The topological polar surface area (TPSA) is 49.4 Å². The van der Waals surface area contributed by atoms with Gasteiger partial charge in [-0.2, -0.15) is 0 Å². The molecule has 4 heteroatoms. The van der Waals surface area contributed by atoms with E-state index in [1.165, 1.54) is 24.8 Å². The van der Waals surface area contributed by atoms with Crippen LogP contribution in [0, 0.1) is 5.92 Å². The predicted octanol–water partition coefficient (Wildman–Crippen LogP) is 3.31. The van der Waals surface area contributed by atoms with Gasteiger partial charge in [0.05, 0.1) is 5.92 Å². The Balaban J connectivity index is 1.45. The minimum atomic E-state index is -0.173. The summed E-state index contributed by atoms with van der Waals surface area (Å²) in [5, 5.41) is 3.12. The van der Waals surface area contributed by atoms with Gasteiger partial charge >= 0.3 is 0 Å². The molecule has 0 aromatic heterocycles. The summed E-state index contributed by atoms with van der Waals surface area (Å²) in [6.45, 7) is 2.66. The molecule has 2 fully saturated rings. The fourth-order valence-corrected chi connectivity index (χ4v) is 4.11. The number of amides is 2. The van der Waals surface area contributed by atoms with Crippen LogP contribution in [0.1, 0.15) is 57.4 Å². The Labute approximate surface area is 151 Å². The highest BCUT2D eigenvalue weighted by Gasteiger charge is 2.38. The lowest BCUT2D eigenvalue weighted by Gasteiger charge is -2.31. The number of likely N-dealkylation sites (tertiary alicyclic amines) is 1. The summed E-state index contributed by atoms with van der Waals surface area (Å²) in [6.07, 6.45) is 8.17. The fourth-order valence-electron chi connectivity index (χ4n) is 4.11. The first-order chi connectivity index (χ1) is 12.1. The van der Waals surface area contributed by atoms with Crippen molar-refractivity contribution in [3.05, 3.63) is 35.9 Å². The molecule has 0 spiro atoms. The molecular weight excluding hydrogens is 312 g/mol. The summed E-state index contributed by atoms with van der Waals surface area (Å²) < 4.78 is 0. The highest BCUT2D eigenvalue weighted by molar-refractivity contribution is 5.89. The van der Waals surface area contributed by atoms with Crippen LogP contribution in [-0.4, -0.2) is 35.3 Å². The molecule has 1 aliphatic carbocycles. The lowest BCUT2D eigenvalue weighted by Crippen LogP contribution is -2.41. The molecule has 0 bridgehead atoms. The Morgan fingerprint density at radius 2 is 1.92 bits per heavy atom. The van der Waals surface area contributed by atoms with Crippen molar-refractivity contribution in [3.8, 4) is 0 Å². The van der Waals surface area contributed by atoms with Gasteiger partial charge in [0.1, 0.15) is 0 Å². The van der Waals surface area contributed by atoms with E-state index in [-0.39, 0.29) is 23.8 Å². The lowest BCUT2D eigenvalue weighted by atomic mass is 9.94. The SMILES string of the molecule is CC(CCc1ccccc1)NC(=O)C1CC(=O)N(C2CCCCC2)C1. The fraction of sp³-hybridized carbons (Fsp3) is 0.619. The average Bonchev–Trinajstić information content (AvgIpc) is 3.03. The molecule has 2 unspecified atom stereocenters. The Bertz CT molecular complexity index is 581. The molecule has 136 valence electrons. The largest absolute Gasteiger partial charge is 0.353 e. The maximum atomic E-state index is 12.6. The maximum Gasteiger partial charge on any atom is 0.225 e. The van der Waals surface area contributed by atoms with Crippen LogP contribution >= 0.6 is 0 Å². The molecule has 2 atom stereocenters. The number of benzene rings is 1. The van der Waals surface area contributed by atoms with E-state index in [1.54, 1.807) is 0 Å². The van der Waals surface area contributed by atoms with Crippen molar-refractivity contribution in [1.29, 1.82) is 0 Å². The molecule has 3 rings (SSSR count). The number of hydrogen-bond acceptors (Lipinski definition) is 2. The Morgan fingerprint density at radius 3 is 2.64 bits per heavy atom. The van der Waals surface area contributed by atoms with E-state index < -0.39 is 0 Å². The second-order valence-electron chi connectivity index (χ2n) is 7.67. The summed E-state index contributed by atoms with van der Waals surface area (Å²) in [6, 6.07) is 10.8. The predicted molar refractivity (Wildman–Crippen MR) is 99.1 cm³/mol. The summed E-state index contributed by atoms with van der Waals surface area (Å²) in [4.78, 5) is 26.9. The summed E-state index contributed by atoms with van der Waals surface area (Å²) >= 11 is 0. The second kappa shape index (κ2) is 8.50. The molecule has 4 nitrogen and oxygen atoms in total. The Morgan fingerprint density at radius 1 is 1.20 bits per heavy atom. The number of carbonyl (C=O) groups excluding carboxylic acids is 2. The van der Waals surface area contributed by atoms with Gasteiger partial charge in [-0.3, -0.25) is 9.59 Å². The van der Waals surface area contributed by atoms with E-state index in [2.05, 4.69) is 24.4 Å². The molecule has 0 radical (unpaired) electrons. The molecule has 1 aliphatic heterocycles. The normalized spacial score (nSPS) is 22.8. The first kappa shape index (κ1) is 18.0. The summed E-state index contributed by atoms with van der Waals surface area (Å²) in [7, 11) is 0. The van der Waals surface area contributed by atoms with Gasteiger partial charge in [-0.25, -0.2) is 0 Å². The molecule has 1 aromatic carbocycles. The van der Waals surface area contributed by atoms with Crippen LogP contribution in [0.4, 0.5) is 0 Å². The van der Waals surface area contributed by atoms with E-state index in [9.17, 15) is 9.59 Å². The minimum Gasteiger partial charge on any atom is -0.353 e. The van der Waals surface area contributed by atoms with Crippen molar-refractivity contribution >= 4 is 11.8 Å². The molecule has 25 heavy (non-hydrogen) atoms.